The predicted octanol–water partition coefficient (Wildman–Crippen LogP) is 2.39. The molecule has 0 aromatic heterocycles. The van der Waals surface area contributed by atoms with E-state index in [1.54, 1.807) is 13.0 Å². The van der Waals surface area contributed by atoms with Gasteiger partial charge >= 0.3 is 17.9 Å². The van der Waals surface area contributed by atoms with E-state index < -0.39 is 57.7 Å². The summed E-state index contributed by atoms with van der Waals surface area (Å²) in [4.78, 5) is 51.5. The van der Waals surface area contributed by atoms with Gasteiger partial charge in [0.05, 0.1) is 13.0 Å². The van der Waals surface area contributed by atoms with Crippen molar-refractivity contribution in [1.82, 2.24) is 0 Å². The zero-order chi connectivity index (χ0) is 21.7. The summed E-state index contributed by atoms with van der Waals surface area (Å²) in [5.74, 6) is -2.50. The first-order chi connectivity index (χ1) is 14.1. The Morgan fingerprint density at radius 2 is 2.07 bits per heavy atom. The highest BCUT2D eigenvalue weighted by molar-refractivity contribution is 14.1. The average molecular weight is 528 g/mol. The van der Waals surface area contributed by atoms with E-state index in [2.05, 4.69) is 22.6 Å². The summed E-state index contributed by atoms with van der Waals surface area (Å²) in [6, 6.07) is 0. The third-order valence-corrected chi connectivity index (χ3v) is 10.3. The fourth-order valence-electron chi connectivity index (χ4n) is 7.74. The van der Waals surface area contributed by atoms with Crippen LogP contribution >= 0.6 is 22.6 Å². The summed E-state index contributed by atoms with van der Waals surface area (Å²) in [6.07, 6.45) is 5.13. The van der Waals surface area contributed by atoms with E-state index in [1.807, 2.05) is 6.08 Å². The molecule has 8 atom stereocenters. The number of rotatable bonds is 3. The highest BCUT2D eigenvalue weighted by Crippen LogP contribution is 2.77. The first-order valence-corrected chi connectivity index (χ1v) is 11.9. The Morgan fingerprint density at radius 1 is 1.33 bits per heavy atom. The maximum atomic E-state index is 13.3. The fourth-order valence-corrected chi connectivity index (χ4v) is 8.82. The maximum absolute atomic E-state index is 13.3. The first kappa shape index (κ1) is 20.5. The molecule has 30 heavy (non-hydrogen) atoms. The summed E-state index contributed by atoms with van der Waals surface area (Å²) in [5.41, 5.74) is -3.19. The van der Waals surface area contributed by atoms with Crippen LogP contribution in [0.3, 0.4) is 0 Å². The van der Waals surface area contributed by atoms with Gasteiger partial charge in [0, 0.05) is 35.0 Å². The molecule has 4 fully saturated rings. The predicted molar refractivity (Wildman–Crippen MR) is 111 cm³/mol. The zero-order valence-electron chi connectivity index (χ0n) is 17.2. The monoisotopic (exact) mass is 528 g/mol. The molecule has 1 aliphatic heterocycles. The van der Waals surface area contributed by atoms with E-state index in [0.717, 1.165) is 6.42 Å². The number of esters is 3. The van der Waals surface area contributed by atoms with E-state index >= 15 is 0 Å². The molecule has 162 valence electrons. The Hall–Kier alpha value is -1.45. The molecule has 4 aliphatic carbocycles. The van der Waals surface area contributed by atoms with Crippen LogP contribution in [0, 0.1) is 34.0 Å². The van der Waals surface area contributed by atoms with Crippen LogP contribution in [-0.2, 0) is 33.4 Å². The van der Waals surface area contributed by atoms with Crippen LogP contribution in [-0.4, -0.2) is 46.9 Å². The smallest absolute Gasteiger partial charge is 0.317 e. The van der Waals surface area contributed by atoms with Gasteiger partial charge in [-0.3, -0.25) is 19.2 Å². The number of Topliss-reactive ketones (excluding diaryl/α,β-unsaturated/α-hetero) is 1. The van der Waals surface area contributed by atoms with Crippen molar-refractivity contribution >= 4 is 46.3 Å². The topological polar surface area (TPSA) is 96.0 Å². The van der Waals surface area contributed by atoms with Crippen molar-refractivity contribution in [2.75, 3.05) is 11.5 Å². The number of carbonyl (C=O) groups is 4. The van der Waals surface area contributed by atoms with Gasteiger partial charge in [-0.05, 0) is 43.8 Å². The number of halogens is 1. The average Bonchev–Trinajstić information content (AvgIpc) is 3.14. The third-order valence-electron chi connectivity index (χ3n) is 8.82. The third kappa shape index (κ3) is 2.07. The van der Waals surface area contributed by atoms with Gasteiger partial charge < -0.3 is 14.2 Å². The lowest BCUT2D eigenvalue weighted by Crippen LogP contribution is -2.52. The van der Waals surface area contributed by atoms with Crippen molar-refractivity contribution in [2.24, 2.45) is 34.0 Å². The molecule has 4 bridgehead atoms. The normalized spacial score (nSPS) is 50.0. The number of methoxy groups -OCH3 is 1. The van der Waals surface area contributed by atoms with E-state index in [9.17, 15) is 19.2 Å². The second-order valence-corrected chi connectivity index (χ2v) is 10.7. The maximum Gasteiger partial charge on any atom is 0.317 e. The summed E-state index contributed by atoms with van der Waals surface area (Å²) >= 11 is 2.28. The highest BCUT2D eigenvalue weighted by atomic mass is 127. The number of hydrogen-bond donors (Lipinski definition) is 0. The van der Waals surface area contributed by atoms with Gasteiger partial charge in [-0.15, -0.1) is 0 Å². The largest absolute Gasteiger partial charge is 0.469 e. The van der Waals surface area contributed by atoms with Crippen LogP contribution in [0.25, 0.3) is 0 Å². The molecule has 3 saturated carbocycles. The lowest BCUT2D eigenvalue weighted by molar-refractivity contribution is -0.167. The Bertz CT molecular complexity index is 913. The lowest BCUT2D eigenvalue weighted by atomic mass is 9.60. The summed E-state index contributed by atoms with van der Waals surface area (Å²) in [5, 5.41) is 0. The van der Waals surface area contributed by atoms with Crippen LogP contribution in [0.1, 0.15) is 39.5 Å². The standard InChI is InChI=1S/C22H25IO7/c1-11(24)29-14-5-7-22-12-4-6-20(10-23)9-21(12,8-13(20)25)15(17(26)28-3)16(22)19(14,2)18(27)30-22/h5,7,12,14-16H,4,6,8-10H2,1-3H3/t12-,14+,15?,16?,19+,20+,21-,22-/m1/s1. The van der Waals surface area contributed by atoms with Crippen molar-refractivity contribution < 1.29 is 33.4 Å². The molecule has 7 nitrogen and oxygen atoms in total. The van der Waals surface area contributed by atoms with Crippen molar-refractivity contribution in [3.8, 4) is 0 Å². The molecule has 0 aromatic carbocycles. The molecule has 1 heterocycles. The lowest BCUT2D eigenvalue weighted by Gasteiger charge is -2.45. The quantitative estimate of drug-likeness (QED) is 0.183. The summed E-state index contributed by atoms with van der Waals surface area (Å²) < 4.78 is 17.6. The second kappa shape index (κ2) is 6.07. The molecule has 0 amide bonds. The molecule has 5 rings (SSSR count). The Balaban J connectivity index is 1.72. The van der Waals surface area contributed by atoms with Crippen LogP contribution in [0.2, 0.25) is 0 Å². The fraction of sp³-hybridized carbons (Fsp3) is 0.727. The summed E-state index contributed by atoms with van der Waals surface area (Å²) in [7, 11) is 1.35. The van der Waals surface area contributed by atoms with E-state index in [0.29, 0.717) is 23.7 Å². The van der Waals surface area contributed by atoms with E-state index in [-0.39, 0.29) is 11.7 Å². The molecule has 1 spiro atoms. The number of hydrogen-bond acceptors (Lipinski definition) is 7. The van der Waals surface area contributed by atoms with Gasteiger partial charge in [0.2, 0.25) is 0 Å². The number of fused-ring (bicyclic) bond motifs is 1. The molecule has 0 radical (unpaired) electrons. The Morgan fingerprint density at radius 3 is 2.70 bits per heavy atom. The second-order valence-electron chi connectivity index (χ2n) is 9.91. The number of ether oxygens (including phenoxy) is 3. The van der Waals surface area contributed by atoms with Gasteiger partial charge in [-0.25, -0.2) is 0 Å². The van der Waals surface area contributed by atoms with Crippen LogP contribution in [0.15, 0.2) is 12.2 Å². The van der Waals surface area contributed by atoms with Gasteiger partial charge in [-0.2, -0.15) is 0 Å². The molecular weight excluding hydrogens is 503 g/mol. The van der Waals surface area contributed by atoms with Gasteiger partial charge in [0.25, 0.3) is 0 Å². The highest BCUT2D eigenvalue weighted by Gasteiger charge is 2.84. The van der Waals surface area contributed by atoms with Crippen molar-refractivity contribution in [1.29, 1.82) is 0 Å². The van der Waals surface area contributed by atoms with Crippen molar-refractivity contribution in [3.63, 3.8) is 0 Å². The van der Waals surface area contributed by atoms with Gasteiger partial charge in [0.15, 0.2) is 0 Å². The summed E-state index contributed by atoms with van der Waals surface area (Å²) in [6.45, 7) is 3.03. The van der Waals surface area contributed by atoms with Crippen molar-refractivity contribution in [2.45, 2.75) is 51.2 Å². The molecule has 2 unspecified atom stereocenters. The Kier molecular flexibility index (Phi) is 4.14. The number of carbonyl (C=O) groups excluding carboxylic acids is 4. The zero-order valence-corrected chi connectivity index (χ0v) is 19.4. The minimum Gasteiger partial charge on any atom is -0.469 e. The van der Waals surface area contributed by atoms with Crippen LogP contribution in [0.5, 0.6) is 0 Å². The van der Waals surface area contributed by atoms with E-state index in [1.165, 1.54) is 14.0 Å². The minimum absolute atomic E-state index is 0.137. The van der Waals surface area contributed by atoms with Crippen LogP contribution in [0.4, 0.5) is 0 Å². The molecule has 5 aliphatic rings. The molecule has 0 aromatic rings. The molecular formula is C22H25IO7. The van der Waals surface area contributed by atoms with Crippen molar-refractivity contribution in [3.05, 3.63) is 12.2 Å². The SMILES string of the molecule is COC(=O)C1C2[C@@]3(C=C[C@H](OC(C)=O)[C@]2(C)C(=O)O3)[C@@H]2CC[C@@]3(CI)C[C@@]12CC3=O. The Labute approximate surface area is 188 Å². The molecule has 1 saturated heterocycles. The number of ketones is 1. The van der Waals surface area contributed by atoms with E-state index in [4.69, 9.17) is 14.2 Å². The number of alkyl halides is 1. The first-order valence-electron chi connectivity index (χ1n) is 10.4. The minimum atomic E-state index is -1.20. The molecule has 8 heteroatoms. The molecule has 0 N–H and O–H groups in total. The van der Waals surface area contributed by atoms with Gasteiger partial charge in [0.1, 0.15) is 22.9 Å². The van der Waals surface area contributed by atoms with Gasteiger partial charge in [-0.1, -0.05) is 22.6 Å². The van der Waals surface area contributed by atoms with Crippen LogP contribution < -0.4 is 0 Å².